The Morgan fingerprint density at radius 1 is 1.47 bits per heavy atom. The molecule has 0 spiro atoms. The van der Waals surface area contributed by atoms with Crippen LogP contribution >= 0.6 is 11.3 Å². The minimum absolute atomic E-state index is 0.961. The molecule has 92 valence electrons. The maximum absolute atomic E-state index is 4.27. The maximum atomic E-state index is 4.27. The van der Waals surface area contributed by atoms with Gasteiger partial charge in [-0.25, -0.2) is 4.98 Å². The molecule has 0 fully saturated rings. The van der Waals surface area contributed by atoms with Gasteiger partial charge in [-0.3, -0.25) is 0 Å². The molecule has 0 amide bonds. The quantitative estimate of drug-likeness (QED) is 0.853. The van der Waals surface area contributed by atoms with Gasteiger partial charge in [-0.1, -0.05) is 6.92 Å². The molecule has 2 aromatic rings. The molecule has 0 aliphatic carbocycles. The Bertz CT molecular complexity index is 459. The molecule has 0 aromatic carbocycles. The highest BCUT2D eigenvalue weighted by atomic mass is 32.1. The zero-order valence-corrected chi connectivity index (χ0v) is 11.3. The van der Waals surface area contributed by atoms with E-state index in [4.69, 9.17) is 0 Å². The maximum Gasteiger partial charge on any atom is 0.0797 e. The lowest BCUT2D eigenvalue weighted by Crippen LogP contribution is -2.11. The number of hydrogen-bond donors (Lipinski definition) is 1. The van der Waals surface area contributed by atoms with Crippen molar-refractivity contribution in [2.75, 3.05) is 6.54 Å². The molecule has 0 saturated heterocycles. The molecule has 0 bridgehead atoms. The average Bonchev–Trinajstić information content (AvgIpc) is 2.93. The van der Waals surface area contributed by atoms with Crippen LogP contribution in [0.25, 0.3) is 0 Å². The van der Waals surface area contributed by atoms with Crippen LogP contribution in [0.2, 0.25) is 0 Å². The van der Waals surface area contributed by atoms with Crippen LogP contribution in [-0.2, 0) is 19.5 Å². The second-order valence-electron chi connectivity index (χ2n) is 4.15. The van der Waals surface area contributed by atoms with E-state index in [1.54, 1.807) is 11.3 Å². The van der Waals surface area contributed by atoms with E-state index in [2.05, 4.69) is 47.2 Å². The molecule has 0 unspecified atom stereocenters. The van der Waals surface area contributed by atoms with Gasteiger partial charge in [-0.15, -0.1) is 11.3 Å². The third kappa shape index (κ3) is 3.41. The van der Waals surface area contributed by atoms with E-state index in [-0.39, 0.29) is 0 Å². The summed E-state index contributed by atoms with van der Waals surface area (Å²) in [5, 5.41) is 3.34. The van der Waals surface area contributed by atoms with Crippen LogP contribution in [0.1, 0.15) is 23.1 Å². The topological polar surface area (TPSA) is 29.9 Å². The van der Waals surface area contributed by atoms with Crippen LogP contribution in [0.15, 0.2) is 24.0 Å². The van der Waals surface area contributed by atoms with Crippen LogP contribution in [0.3, 0.4) is 0 Å². The summed E-state index contributed by atoms with van der Waals surface area (Å²) in [7, 11) is 0. The molecule has 0 aliphatic rings. The zero-order valence-electron chi connectivity index (χ0n) is 10.4. The molecule has 4 heteroatoms. The first-order chi connectivity index (χ1) is 8.29. The van der Waals surface area contributed by atoms with Crippen LogP contribution in [0.4, 0.5) is 0 Å². The minimum Gasteiger partial charge on any atom is -0.354 e. The zero-order chi connectivity index (χ0) is 12.1. The van der Waals surface area contributed by atoms with E-state index in [0.717, 1.165) is 26.1 Å². The monoisotopic (exact) mass is 249 g/mol. The van der Waals surface area contributed by atoms with E-state index in [9.17, 15) is 0 Å². The molecule has 2 rings (SSSR count). The van der Waals surface area contributed by atoms with Gasteiger partial charge in [0.15, 0.2) is 0 Å². The van der Waals surface area contributed by atoms with Crippen LogP contribution in [0.5, 0.6) is 0 Å². The summed E-state index contributed by atoms with van der Waals surface area (Å²) in [5.74, 6) is 0. The van der Waals surface area contributed by atoms with Crippen molar-refractivity contribution in [1.29, 1.82) is 0 Å². The summed E-state index contributed by atoms with van der Waals surface area (Å²) < 4.78 is 2.26. The highest BCUT2D eigenvalue weighted by molar-refractivity contribution is 7.09. The fourth-order valence-electron chi connectivity index (χ4n) is 1.80. The standard InChI is InChI=1S/C13H19N3S/c1-3-14-8-12-4-6-16(9-12)7-5-13-11(2)15-10-17-13/h4,6,9-10,14H,3,5,7-8H2,1-2H3. The van der Waals surface area contributed by atoms with Gasteiger partial charge < -0.3 is 9.88 Å². The molecular formula is C13H19N3S. The van der Waals surface area contributed by atoms with Crippen molar-refractivity contribution >= 4 is 11.3 Å². The van der Waals surface area contributed by atoms with Gasteiger partial charge in [-0.05, 0) is 25.1 Å². The molecule has 2 aromatic heterocycles. The second-order valence-corrected chi connectivity index (χ2v) is 5.09. The molecule has 3 nitrogen and oxygen atoms in total. The fourth-order valence-corrected chi connectivity index (χ4v) is 2.57. The Hall–Kier alpha value is -1.13. The minimum atomic E-state index is 0.961. The Morgan fingerprint density at radius 2 is 2.35 bits per heavy atom. The normalized spacial score (nSPS) is 10.9. The Labute approximate surface area is 107 Å². The molecule has 0 aliphatic heterocycles. The van der Waals surface area contributed by atoms with Crippen molar-refractivity contribution in [3.05, 3.63) is 40.1 Å². The van der Waals surface area contributed by atoms with Crippen molar-refractivity contribution in [2.24, 2.45) is 0 Å². The van der Waals surface area contributed by atoms with Crippen molar-refractivity contribution in [3.8, 4) is 0 Å². The number of rotatable bonds is 6. The Morgan fingerprint density at radius 3 is 3.06 bits per heavy atom. The lowest BCUT2D eigenvalue weighted by Gasteiger charge is -2.02. The summed E-state index contributed by atoms with van der Waals surface area (Å²) in [6.07, 6.45) is 5.45. The van der Waals surface area contributed by atoms with Gasteiger partial charge in [0.1, 0.15) is 0 Å². The van der Waals surface area contributed by atoms with Gasteiger partial charge in [0, 0.05) is 36.8 Å². The van der Waals surface area contributed by atoms with E-state index in [1.165, 1.54) is 16.1 Å². The van der Waals surface area contributed by atoms with Gasteiger partial charge in [0.2, 0.25) is 0 Å². The molecule has 0 radical (unpaired) electrons. The lowest BCUT2D eigenvalue weighted by molar-refractivity contribution is 0.691. The first-order valence-electron chi connectivity index (χ1n) is 6.04. The highest BCUT2D eigenvalue weighted by Gasteiger charge is 2.02. The van der Waals surface area contributed by atoms with Gasteiger partial charge in [0.05, 0.1) is 11.2 Å². The third-order valence-electron chi connectivity index (χ3n) is 2.83. The molecule has 0 saturated carbocycles. The first kappa shape index (κ1) is 12.3. The average molecular weight is 249 g/mol. The van der Waals surface area contributed by atoms with E-state index in [0.29, 0.717) is 0 Å². The van der Waals surface area contributed by atoms with E-state index in [1.807, 2.05) is 5.51 Å². The van der Waals surface area contributed by atoms with Gasteiger partial charge in [0.25, 0.3) is 0 Å². The van der Waals surface area contributed by atoms with Crippen LogP contribution < -0.4 is 5.32 Å². The predicted octanol–water partition coefficient (Wildman–Crippen LogP) is 2.61. The number of hydrogen-bond acceptors (Lipinski definition) is 3. The summed E-state index contributed by atoms with van der Waals surface area (Å²) in [5.41, 5.74) is 4.46. The largest absolute Gasteiger partial charge is 0.354 e. The molecular weight excluding hydrogens is 230 g/mol. The predicted molar refractivity (Wildman–Crippen MR) is 72.4 cm³/mol. The first-order valence-corrected chi connectivity index (χ1v) is 6.92. The SMILES string of the molecule is CCNCc1ccn(CCc2scnc2C)c1. The van der Waals surface area contributed by atoms with Crippen molar-refractivity contribution in [3.63, 3.8) is 0 Å². The second kappa shape index (κ2) is 5.98. The van der Waals surface area contributed by atoms with E-state index < -0.39 is 0 Å². The van der Waals surface area contributed by atoms with Crippen LogP contribution in [0, 0.1) is 6.92 Å². The summed E-state index contributed by atoms with van der Waals surface area (Å²) in [6.45, 7) is 7.23. The van der Waals surface area contributed by atoms with E-state index >= 15 is 0 Å². The van der Waals surface area contributed by atoms with Gasteiger partial charge >= 0.3 is 0 Å². The number of nitrogens with zero attached hydrogens (tertiary/aromatic N) is 2. The lowest BCUT2D eigenvalue weighted by atomic mass is 10.3. The fraction of sp³-hybridized carbons (Fsp3) is 0.462. The molecule has 0 atom stereocenters. The van der Waals surface area contributed by atoms with Crippen molar-refractivity contribution in [1.82, 2.24) is 14.9 Å². The van der Waals surface area contributed by atoms with Gasteiger partial charge in [-0.2, -0.15) is 0 Å². The molecule has 1 N–H and O–H groups in total. The Balaban J connectivity index is 1.87. The smallest absolute Gasteiger partial charge is 0.0797 e. The number of aromatic nitrogens is 2. The number of aryl methyl sites for hydroxylation is 3. The van der Waals surface area contributed by atoms with Crippen molar-refractivity contribution < 1.29 is 0 Å². The van der Waals surface area contributed by atoms with Crippen LogP contribution in [-0.4, -0.2) is 16.1 Å². The third-order valence-corrected chi connectivity index (χ3v) is 3.83. The highest BCUT2D eigenvalue weighted by Crippen LogP contribution is 2.14. The molecule has 2 heterocycles. The van der Waals surface area contributed by atoms with Crippen molar-refractivity contribution in [2.45, 2.75) is 33.4 Å². The number of thiazole rings is 1. The summed E-state index contributed by atoms with van der Waals surface area (Å²) in [6, 6.07) is 2.18. The Kier molecular flexibility index (Phi) is 4.34. The number of nitrogens with one attached hydrogen (secondary N) is 1. The summed E-state index contributed by atoms with van der Waals surface area (Å²) in [4.78, 5) is 5.67. The summed E-state index contributed by atoms with van der Waals surface area (Å²) >= 11 is 1.75. The molecule has 17 heavy (non-hydrogen) atoms.